The van der Waals surface area contributed by atoms with Crippen molar-refractivity contribution in [2.75, 3.05) is 13.2 Å². The number of unbranched alkanes of at least 4 members (excludes halogenated alkanes) is 18. The lowest BCUT2D eigenvalue weighted by Gasteiger charge is -2.18. The van der Waals surface area contributed by atoms with Crippen molar-refractivity contribution in [3.63, 3.8) is 0 Å². The van der Waals surface area contributed by atoms with E-state index in [0.29, 0.717) is 25.7 Å². The van der Waals surface area contributed by atoms with E-state index in [1.165, 1.54) is 57.8 Å². The molecule has 0 aromatic rings. The van der Waals surface area contributed by atoms with Crippen LogP contribution in [0.3, 0.4) is 0 Å². The predicted octanol–water partition coefficient (Wildman–Crippen LogP) is 21.7. The topological polar surface area (TPSA) is 78.9 Å². The van der Waals surface area contributed by atoms with Gasteiger partial charge in [0.15, 0.2) is 6.10 Å². The van der Waals surface area contributed by atoms with E-state index >= 15 is 0 Å². The summed E-state index contributed by atoms with van der Waals surface area (Å²) in [5.74, 6) is -0.980. The van der Waals surface area contributed by atoms with Gasteiger partial charge < -0.3 is 14.2 Å². The van der Waals surface area contributed by atoms with Crippen molar-refractivity contribution in [3.8, 4) is 0 Å². The molecule has 0 N–H and O–H groups in total. The minimum atomic E-state index is -0.816. The van der Waals surface area contributed by atoms with Crippen molar-refractivity contribution in [1.82, 2.24) is 0 Å². The van der Waals surface area contributed by atoms with Crippen LogP contribution >= 0.6 is 0 Å². The molecule has 0 saturated carbocycles. The molecule has 0 aliphatic carbocycles. The first kappa shape index (κ1) is 73.0. The Morgan fingerprint density at radius 1 is 0.269 bits per heavy atom. The van der Waals surface area contributed by atoms with Crippen LogP contribution in [-0.2, 0) is 28.6 Å². The molecular formula is C72H114O6. The summed E-state index contributed by atoms with van der Waals surface area (Å²) in [5, 5.41) is 0. The van der Waals surface area contributed by atoms with Crippen LogP contribution in [0.1, 0.15) is 258 Å². The van der Waals surface area contributed by atoms with Gasteiger partial charge in [0, 0.05) is 19.3 Å². The normalized spacial score (nSPS) is 13.2. The Balaban J connectivity index is 4.50. The van der Waals surface area contributed by atoms with Crippen molar-refractivity contribution in [2.24, 2.45) is 0 Å². The van der Waals surface area contributed by atoms with Gasteiger partial charge in [-0.25, -0.2) is 0 Å². The average molecular weight is 1080 g/mol. The molecule has 78 heavy (non-hydrogen) atoms. The monoisotopic (exact) mass is 1070 g/mol. The van der Waals surface area contributed by atoms with Gasteiger partial charge in [0.05, 0.1) is 0 Å². The molecule has 6 nitrogen and oxygen atoms in total. The van der Waals surface area contributed by atoms with Gasteiger partial charge in [-0.3, -0.25) is 14.4 Å². The smallest absolute Gasteiger partial charge is 0.306 e. The molecule has 0 fully saturated rings. The fourth-order valence-corrected chi connectivity index (χ4v) is 8.09. The van der Waals surface area contributed by atoms with E-state index in [1.54, 1.807) is 0 Å². The molecule has 0 aliphatic rings. The van der Waals surface area contributed by atoms with Gasteiger partial charge in [-0.05, 0) is 148 Å². The number of carbonyl (C=O) groups is 3. The summed E-state index contributed by atoms with van der Waals surface area (Å²) in [6, 6.07) is 0. The second-order valence-corrected chi connectivity index (χ2v) is 20.2. The molecule has 6 heteroatoms. The average Bonchev–Trinajstić information content (AvgIpc) is 3.44. The quantitative estimate of drug-likeness (QED) is 0.0261. The van der Waals surface area contributed by atoms with Gasteiger partial charge >= 0.3 is 17.9 Å². The van der Waals surface area contributed by atoms with E-state index < -0.39 is 6.10 Å². The van der Waals surface area contributed by atoms with Gasteiger partial charge in [-0.15, -0.1) is 0 Å². The zero-order chi connectivity index (χ0) is 56.4. The third-order valence-corrected chi connectivity index (χ3v) is 12.7. The lowest BCUT2D eigenvalue weighted by atomic mass is 10.1. The van der Waals surface area contributed by atoms with E-state index in [2.05, 4.69) is 179 Å². The maximum absolute atomic E-state index is 12.9. The standard InChI is InChI=1S/C72H114O6/c1-4-7-10-13-16-19-22-25-28-30-32-33-34-35-36-37-38-39-41-42-44-47-50-53-56-59-62-65-71(74)77-68-69(67-76-70(73)64-61-58-55-52-49-46-27-24-21-18-15-12-9-6-3)78-72(75)66-63-60-57-54-51-48-45-43-40-31-29-26-23-20-17-14-11-8-5-2/h7-8,10-11,16-17,19-20,24-29,32-33,35-36,38-40,42-44,50,53,69H,4-6,9,12-15,18,21-23,30-31,34,37,41,45-49,51-52,54-68H2,1-3H3/b10-7-,11-8-,19-16-,20-17-,27-24-,28-25-,29-26-,33-32-,36-35-,39-38-,43-40-,44-42-,53-50-. The van der Waals surface area contributed by atoms with Crippen molar-refractivity contribution in [2.45, 2.75) is 264 Å². The summed E-state index contributed by atoms with van der Waals surface area (Å²) >= 11 is 0. The number of rotatable bonds is 55. The largest absolute Gasteiger partial charge is 0.462 e. The van der Waals surface area contributed by atoms with Crippen LogP contribution in [-0.4, -0.2) is 37.2 Å². The van der Waals surface area contributed by atoms with Gasteiger partial charge in [-0.1, -0.05) is 249 Å². The van der Waals surface area contributed by atoms with Crippen LogP contribution in [0.4, 0.5) is 0 Å². The molecule has 0 amide bonds. The maximum Gasteiger partial charge on any atom is 0.306 e. The first-order valence-corrected chi connectivity index (χ1v) is 31.5. The van der Waals surface area contributed by atoms with Gasteiger partial charge in [-0.2, -0.15) is 0 Å². The Labute approximate surface area is 480 Å². The fraction of sp³-hybridized carbons (Fsp3) is 0.597. The highest BCUT2D eigenvalue weighted by Gasteiger charge is 2.19. The fourth-order valence-electron chi connectivity index (χ4n) is 8.09. The summed E-state index contributed by atoms with van der Waals surface area (Å²) in [4.78, 5) is 38.3. The first-order valence-electron chi connectivity index (χ1n) is 31.5. The Hall–Kier alpha value is -4.97. The van der Waals surface area contributed by atoms with Gasteiger partial charge in [0.2, 0.25) is 0 Å². The van der Waals surface area contributed by atoms with Crippen LogP contribution < -0.4 is 0 Å². The van der Waals surface area contributed by atoms with Crippen LogP contribution in [0, 0.1) is 0 Å². The molecule has 0 aromatic heterocycles. The molecule has 0 bridgehead atoms. The molecule has 0 heterocycles. The zero-order valence-electron chi connectivity index (χ0n) is 50.1. The second-order valence-electron chi connectivity index (χ2n) is 20.2. The maximum atomic E-state index is 12.9. The number of esters is 3. The SMILES string of the molecule is CC/C=C\C/C=C\C/C=C\C/C=C\C/C=C\C/C=C\C/C=C\C/C=C\CCCCC(=O)OCC(COC(=O)CCCCCCC/C=C\CCCCCCC)OC(=O)CCCCCCCC/C=C\C/C=C\C/C=C\C/C=C\CC. The molecular weight excluding hydrogens is 961 g/mol. The zero-order valence-corrected chi connectivity index (χ0v) is 50.1. The molecule has 0 saturated heterocycles. The molecule has 0 radical (unpaired) electrons. The number of hydrogen-bond acceptors (Lipinski definition) is 6. The number of allylic oxidation sites excluding steroid dienone is 26. The van der Waals surface area contributed by atoms with Gasteiger partial charge in [0.1, 0.15) is 13.2 Å². The summed E-state index contributed by atoms with van der Waals surface area (Å²) < 4.78 is 16.9. The van der Waals surface area contributed by atoms with Crippen molar-refractivity contribution >= 4 is 17.9 Å². The molecule has 0 spiro atoms. The minimum Gasteiger partial charge on any atom is -0.462 e. The van der Waals surface area contributed by atoms with E-state index in [4.69, 9.17) is 14.2 Å². The third-order valence-electron chi connectivity index (χ3n) is 12.7. The predicted molar refractivity (Wildman–Crippen MR) is 338 cm³/mol. The van der Waals surface area contributed by atoms with E-state index in [1.807, 2.05) is 0 Å². The lowest BCUT2D eigenvalue weighted by Crippen LogP contribution is -2.30. The molecule has 438 valence electrons. The van der Waals surface area contributed by atoms with E-state index in [-0.39, 0.29) is 31.1 Å². The van der Waals surface area contributed by atoms with E-state index in [9.17, 15) is 14.4 Å². The summed E-state index contributed by atoms with van der Waals surface area (Å²) in [6.07, 6.45) is 93.8. The molecule has 1 unspecified atom stereocenters. The third kappa shape index (κ3) is 61.9. The molecule has 0 aromatic carbocycles. The van der Waals surface area contributed by atoms with Crippen LogP contribution in [0.15, 0.2) is 158 Å². The van der Waals surface area contributed by atoms with Crippen LogP contribution in [0.2, 0.25) is 0 Å². The number of ether oxygens (including phenoxy) is 3. The Morgan fingerprint density at radius 3 is 0.821 bits per heavy atom. The summed E-state index contributed by atoms with van der Waals surface area (Å²) in [5.41, 5.74) is 0. The van der Waals surface area contributed by atoms with Crippen LogP contribution in [0.5, 0.6) is 0 Å². The van der Waals surface area contributed by atoms with Crippen molar-refractivity contribution < 1.29 is 28.6 Å². The first-order chi connectivity index (χ1) is 38.5. The number of carbonyl (C=O) groups excluding carboxylic acids is 3. The summed E-state index contributed by atoms with van der Waals surface area (Å²) in [6.45, 7) is 6.34. The highest BCUT2D eigenvalue weighted by atomic mass is 16.6. The van der Waals surface area contributed by atoms with Gasteiger partial charge in [0.25, 0.3) is 0 Å². The van der Waals surface area contributed by atoms with Crippen molar-refractivity contribution in [1.29, 1.82) is 0 Å². The lowest BCUT2D eigenvalue weighted by molar-refractivity contribution is -0.167. The van der Waals surface area contributed by atoms with Crippen molar-refractivity contribution in [3.05, 3.63) is 158 Å². The minimum absolute atomic E-state index is 0.108. The molecule has 0 aliphatic heterocycles. The molecule has 0 rings (SSSR count). The Morgan fingerprint density at radius 2 is 0.500 bits per heavy atom. The van der Waals surface area contributed by atoms with E-state index in [0.717, 1.165) is 154 Å². The highest BCUT2D eigenvalue weighted by Crippen LogP contribution is 2.14. The summed E-state index contributed by atoms with van der Waals surface area (Å²) in [7, 11) is 0. The Bertz CT molecular complexity index is 1760. The Kier molecular flexibility index (Phi) is 60.4. The van der Waals surface area contributed by atoms with Crippen LogP contribution in [0.25, 0.3) is 0 Å². The highest BCUT2D eigenvalue weighted by molar-refractivity contribution is 5.71. The molecule has 1 atom stereocenters. The second kappa shape index (κ2) is 64.6. The number of hydrogen-bond donors (Lipinski definition) is 0.